The van der Waals surface area contributed by atoms with Crippen LogP contribution in [0.5, 0.6) is 0 Å². The Balaban J connectivity index is 2.77. The summed E-state index contributed by atoms with van der Waals surface area (Å²) < 4.78 is 5.45. The number of allylic oxidation sites excluding steroid dienone is 1. The minimum absolute atomic E-state index is 0.133. The number of hydrogen-bond acceptors (Lipinski definition) is 4. The van der Waals surface area contributed by atoms with Crippen molar-refractivity contribution < 1.29 is 14.3 Å². The summed E-state index contributed by atoms with van der Waals surface area (Å²) in [5, 5.41) is 6.11. The molecule has 1 aliphatic rings. The average Bonchev–Trinajstić information content (AvgIpc) is 2.76. The Labute approximate surface area is 140 Å². The Kier molecular flexibility index (Phi) is 6.81. The van der Waals surface area contributed by atoms with Gasteiger partial charge in [0, 0.05) is 12.5 Å². The van der Waals surface area contributed by atoms with Crippen LogP contribution >= 0.6 is 0 Å². The summed E-state index contributed by atoms with van der Waals surface area (Å²) in [5.74, 6) is -0.0754. The van der Waals surface area contributed by atoms with Gasteiger partial charge in [-0.25, -0.2) is 4.79 Å². The van der Waals surface area contributed by atoms with Crippen molar-refractivity contribution in [1.29, 1.82) is 0 Å². The van der Waals surface area contributed by atoms with E-state index in [-0.39, 0.29) is 29.8 Å². The van der Waals surface area contributed by atoms with Crippen molar-refractivity contribution in [2.75, 3.05) is 6.54 Å². The number of ether oxygens (including phenoxy) is 1. The molecule has 0 aromatic rings. The highest BCUT2D eigenvalue weighted by molar-refractivity contribution is 5.88. The highest BCUT2D eigenvalue weighted by Gasteiger charge is 2.35. The average molecular weight is 324 g/mol. The normalized spacial score (nSPS) is 24.8. The molecular weight excluding hydrogens is 292 g/mol. The standard InChI is InChI=1S/C18H32N2O3/c1-8-13-10-19-15(12(13)4)16(21)20-14(9-11(2)3)17(22)23-18(5,6)7/h8,11-12,14-15,19H,9-10H2,1-7H3,(H,20,21)/b13-8+/t12-,14-,15-/m0/s1. The minimum atomic E-state index is -0.606. The quantitative estimate of drug-likeness (QED) is 0.602. The summed E-state index contributed by atoms with van der Waals surface area (Å²) in [7, 11) is 0. The fourth-order valence-corrected chi connectivity index (χ4v) is 2.78. The predicted octanol–water partition coefficient (Wildman–Crippen LogP) is 2.41. The van der Waals surface area contributed by atoms with Gasteiger partial charge in [-0.3, -0.25) is 4.79 Å². The maximum atomic E-state index is 12.6. The van der Waals surface area contributed by atoms with Crippen molar-refractivity contribution in [1.82, 2.24) is 10.6 Å². The van der Waals surface area contributed by atoms with Gasteiger partial charge in [-0.15, -0.1) is 0 Å². The van der Waals surface area contributed by atoms with Gasteiger partial charge in [0.2, 0.25) is 5.91 Å². The van der Waals surface area contributed by atoms with E-state index in [2.05, 4.69) is 10.6 Å². The van der Waals surface area contributed by atoms with Crippen LogP contribution in [0.2, 0.25) is 0 Å². The van der Waals surface area contributed by atoms with Crippen LogP contribution in [0, 0.1) is 11.8 Å². The Morgan fingerprint density at radius 2 is 2.00 bits per heavy atom. The lowest BCUT2D eigenvalue weighted by molar-refractivity contribution is -0.159. The first-order valence-electron chi connectivity index (χ1n) is 8.46. The van der Waals surface area contributed by atoms with E-state index >= 15 is 0 Å². The zero-order valence-electron chi connectivity index (χ0n) is 15.5. The molecule has 1 rings (SSSR count). The second kappa shape index (κ2) is 7.95. The molecule has 0 radical (unpaired) electrons. The van der Waals surface area contributed by atoms with E-state index in [0.717, 1.165) is 6.54 Å². The van der Waals surface area contributed by atoms with E-state index in [4.69, 9.17) is 4.74 Å². The molecule has 0 unspecified atom stereocenters. The number of esters is 1. The molecule has 1 aliphatic heterocycles. The van der Waals surface area contributed by atoms with Gasteiger partial charge in [-0.2, -0.15) is 0 Å². The predicted molar refractivity (Wildman–Crippen MR) is 91.9 cm³/mol. The van der Waals surface area contributed by atoms with Gasteiger partial charge in [0.25, 0.3) is 0 Å². The molecule has 23 heavy (non-hydrogen) atoms. The minimum Gasteiger partial charge on any atom is -0.458 e. The zero-order valence-corrected chi connectivity index (χ0v) is 15.5. The Bertz CT molecular complexity index is 463. The molecule has 5 nitrogen and oxygen atoms in total. The lowest BCUT2D eigenvalue weighted by Gasteiger charge is -2.27. The summed E-state index contributed by atoms with van der Waals surface area (Å²) in [6.45, 7) is 14.3. The maximum Gasteiger partial charge on any atom is 0.329 e. The van der Waals surface area contributed by atoms with E-state index in [1.165, 1.54) is 5.57 Å². The van der Waals surface area contributed by atoms with Gasteiger partial charge >= 0.3 is 5.97 Å². The Morgan fingerprint density at radius 1 is 1.39 bits per heavy atom. The number of carbonyl (C=O) groups is 2. The van der Waals surface area contributed by atoms with Gasteiger partial charge in [0.05, 0.1) is 6.04 Å². The Hall–Kier alpha value is -1.36. The van der Waals surface area contributed by atoms with E-state index in [1.807, 2.05) is 54.5 Å². The molecule has 0 spiro atoms. The lowest BCUT2D eigenvalue weighted by Crippen LogP contribution is -2.51. The number of hydrogen-bond donors (Lipinski definition) is 2. The maximum absolute atomic E-state index is 12.6. The molecule has 0 bridgehead atoms. The fourth-order valence-electron chi connectivity index (χ4n) is 2.78. The molecule has 1 fully saturated rings. The first kappa shape index (κ1) is 19.7. The summed E-state index contributed by atoms with van der Waals surface area (Å²) in [4.78, 5) is 24.9. The van der Waals surface area contributed by atoms with Crippen molar-refractivity contribution in [3.8, 4) is 0 Å². The van der Waals surface area contributed by atoms with Crippen LogP contribution in [0.15, 0.2) is 11.6 Å². The SMILES string of the molecule is C/C=C1\CN[C@H](C(=O)N[C@@H](CC(C)C)C(=O)OC(C)(C)C)[C@H]1C. The molecule has 1 amide bonds. The van der Waals surface area contributed by atoms with Crippen molar-refractivity contribution in [3.63, 3.8) is 0 Å². The van der Waals surface area contributed by atoms with Crippen LogP contribution in [0.1, 0.15) is 54.9 Å². The summed E-state index contributed by atoms with van der Waals surface area (Å²) in [6, 6.07) is -0.899. The number of amides is 1. The van der Waals surface area contributed by atoms with Crippen molar-refractivity contribution in [3.05, 3.63) is 11.6 Å². The number of rotatable bonds is 5. The number of nitrogens with one attached hydrogen (secondary N) is 2. The van der Waals surface area contributed by atoms with Crippen molar-refractivity contribution in [2.24, 2.45) is 11.8 Å². The molecule has 5 heteroatoms. The Morgan fingerprint density at radius 3 is 2.43 bits per heavy atom. The third-order valence-electron chi connectivity index (χ3n) is 3.98. The zero-order chi connectivity index (χ0) is 17.8. The van der Waals surface area contributed by atoms with Crippen molar-refractivity contribution >= 4 is 11.9 Å². The summed E-state index contributed by atoms with van der Waals surface area (Å²) >= 11 is 0. The first-order valence-corrected chi connectivity index (χ1v) is 8.46. The second-order valence-electron chi connectivity index (χ2n) is 7.74. The van der Waals surface area contributed by atoms with Crippen LogP contribution in [-0.2, 0) is 14.3 Å². The summed E-state index contributed by atoms with van der Waals surface area (Å²) in [5.41, 5.74) is 0.663. The number of carbonyl (C=O) groups excluding carboxylic acids is 2. The van der Waals surface area contributed by atoms with Crippen LogP contribution in [0.3, 0.4) is 0 Å². The van der Waals surface area contributed by atoms with E-state index in [1.54, 1.807) is 0 Å². The molecular formula is C18H32N2O3. The molecule has 0 aliphatic carbocycles. The first-order chi connectivity index (χ1) is 10.5. The summed E-state index contributed by atoms with van der Waals surface area (Å²) in [6.07, 6.45) is 2.61. The van der Waals surface area contributed by atoms with Crippen LogP contribution in [0.25, 0.3) is 0 Å². The highest BCUT2D eigenvalue weighted by Crippen LogP contribution is 2.21. The van der Waals surface area contributed by atoms with E-state index in [9.17, 15) is 9.59 Å². The molecule has 3 atom stereocenters. The molecule has 0 saturated carbocycles. The molecule has 132 valence electrons. The second-order valence-corrected chi connectivity index (χ2v) is 7.74. The molecule has 1 saturated heterocycles. The lowest BCUT2D eigenvalue weighted by atomic mass is 9.96. The van der Waals surface area contributed by atoms with Gasteiger partial charge in [-0.05, 0) is 40.0 Å². The van der Waals surface area contributed by atoms with Crippen LogP contribution in [0.4, 0.5) is 0 Å². The largest absolute Gasteiger partial charge is 0.458 e. The monoisotopic (exact) mass is 324 g/mol. The highest BCUT2D eigenvalue weighted by atomic mass is 16.6. The van der Waals surface area contributed by atoms with Crippen LogP contribution < -0.4 is 10.6 Å². The van der Waals surface area contributed by atoms with Crippen LogP contribution in [-0.4, -0.2) is 36.1 Å². The third kappa shape index (κ3) is 5.98. The molecule has 2 N–H and O–H groups in total. The smallest absolute Gasteiger partial charge is 0.329 e. The third-order valence-corrected chi connectivity index (χ3v) is 3.98. The van der Waals surface area contributed by atoms with E-state index in [0.29, 0.717) is 6.42 Å². The van der Waals surface area contributed by atoms with E-state index < -0.39 is 11.6 Å². The van der Waals surface area contributed by atoms with Crippen molar-refractivity contribution in [2.45, 2.75) is 72.6 Å². The van der Waals surface area contributed by atoms with Gasteiger partial charge in [0.15, 0.2) is 0 Å². The molecule has 1 heterocycles. The van der Waals surface area contributed by atoms with Gasteiger partial charge in [-0.1, -0.05) is 32.4 Å². The fraction of sp³-hybridized carbons (Fsp3) is 0.778. The topological polar surface area (TPSA) is 67.4 Å². The van der Waals surface area contributed by atoms with Gasteiger partial charge in [0.1, 0.15) is 11.6 Å². The molecule has 0 aromatic heterocycles. The molecule has 0 aromatic carbocycles. The van der Waals surface area contributed by atoms with Gasteiger partial charge < -0.3 is 15.4 Å².